The molecule has 0 aliphatic carbocycles. The molecule has 0 spiro atoms. The van der Waals surface area contributed by atoms with Crippen molar-refractivity contribution in [3.8, 4) is 0 Å². The van der Waals surface area contributed by atoms with Crippen LogP contribution >= 0.6 is 0 Å². The van der Waals surface area contributed by atoms with E-state index in [1.54, 1.807) is 18.3 Å². The van der Waals surface area contributed by atoms with Gasteiger partial charge < -0.3 is 9.84 Å². The van der Waals surface area contributed by atoms with Crippen LogP contribution in [0.5, 0.6) is 0 Å². The molecule has 0 saturated heterocycles. The lowest BCUT2D eigenvalue weighted by Crippen LogP contribution is -2.29. The van der Waals surface area contributed by atoms with E-state index in [0.717, 1.165) is 5.56 Å². The van der Waals surface area contributed by atoms with E-state index < -0.39 is 6.10 Å². The van der Waals surface area contributed by atoms with Gasteiger partial charge in [-0.3, -0.25) is 9.36 Å². The van der Waals surface area contributed by atoms with E-state index in [1.165, 1.54) is 10.9 Å². The van der Waals surface area contributed by atoms with E-state index >= 15 is 0 Å². The minimum absolute atomic E-state index is 0.130. The van der Waals surface area contributed by atoms with Crippen LogP contribution in [-0.4, -0.2) is 32.4 Å². The zero-order valence-electron chi connectivity index (χ0n) is 12.5. The second-order valence-corrected chi connectivity index (χ2v) is 5.23. The number of hydrogen-bond acceptors (Lipinski definition) is 5. The van der Waals surface area contributed by atoms with Crippen LogP contribution in [0.15, 0.2) is 59.8 Å². The molecule has 0 radical (unpaired) electrons. The highest BCUT2D eigenvalue weighted by molar-refractivity contribution is 5.72. The van der Waals surface area contributed by atoms with Crippen LogP contribution in [0.4, 0.5) is 0 Å². The van der Waals surface area contributed by atoms with Crippen LogP contribution in [0.2, 0.25) is 0 Å². The number of nitrogens with zero attached hydrogens (tertiary/aromatic N) is 3. The first kappa shape index (κ1) is 15.3. The highest BCUT2D eigenvalue weighted by Gasteiger charge is 2.10. The molecule has 0 saturated carbocycles. The van der Waals surface area contributed by atoms with Gasteiger partial charge in [-0.2, -0.15) is 0 Å². The maximum absolute atomic E-state index is 12.3. The fraction of sp³-hybridized carbons (Fsp3) is 0.235. The lowest BCUT2D eigenvalue weighted by atomic mass is 10.2. The highest BCUT2D eigenvalue weighted by Crippen LogP contribution is 2.03. The van der Waals surface area contributed by atoms with Crippen molar-refractivity contribution in [1.29, 1.82) is 0 Å². The van der Waals surface area contributed by atoms with Crippen LogP contribution in [0.25, 0.3) is 11.0 Å². The fourth-order valence-electron chi connectivity index (χ4n) is 2.30. The van der Waals surface area contributed by atoms with Gasteiger partial charge in [0.2, 0.25) is 0 Å². The number of aromatic nitrogens is 3. The lowest BCUT2D eigenvalue weighted by Gasteiger charge is -2.13. The number of pyridine rings is 1. The molecular weight excluding hydrogens is 294 g/mol. The molecule has 0 aliphatic heterocycles. The second-order valence-electron chi connectivity index (χ2n) is 5.23. The number of fused-ring (bicyclic) bond motifs is 1. The number of aliphatic hydroxyl groups excluding tert-OH is 1. The largest absolute Gasteiger partial charge is 0.389 e. The first-order valence-electron chi connectivity index (χ1n) is 7.34. The molecule has 1 N–H and O–H groups in total. The zero-order valence-corrected chi connectivity index (χ0v) is 12.5. The molecule has 1 atom stereocenters. The van der Waals surface area contributed by atoms with Gasteiger partial charge >= 0.3 is 0 Å². The topological polar surface area (TPSA) is 77.2 Å². The number of benzene rings is 1. The summed E-state index contributed by atoms with van der Waals surface area (Å²) in [6, 6.07) is 13.1. The summed E-state index contributed by atoms with van der Waals surface area (Å²) in [5, 5.41) is 10.5. The molecule has 6 nitrogen and oxygen atoms in total. The van der Waals surface area contributed by atoms with Gasteiger partial charge in [0.25, 0.3) is 5.56 Å². The van der Waals surface area contributed by atoms with E-state index in [0.29, 0.717) is 17.6 Å². The Morgan fingerprint density at radius 2 is 1.96 bits per heavy atom. The summed E-state index contributed by atoms with van der Waals surface area (Å²) < 4.78 is 6.86. The van der Waals surface area contributed by atoms with E-state index in [2.05, 4.69) is 9.97 Å². The average molecular weight is 311 g/mol. The Kier molecular flexibility index (Phi) is 4.75. The van der Waals surface area contributed by atoms with E-state index in [-0.39, 0.29) is 18.7 Å². The average Bonchev–Trinajstić information content (AvgIpc) is 2.59. The molecule has 23 heavy (non-hydrogen) atoms. The van der Waals surface area contributed by atoms with Gasteiger partial charge in [-0.15, -0.1) is 0 Å². The van der Waals surface area contributed by atoms with Gasteiger partial charge in [-0.25, -0.2) is 9.97 Å². The van der Waals surface area contributed by atoms with E-state index in [9.17, 15) is 9.90 Å². The Bertz CT molecular complexity index is 833. The monoisotopic (exact) mass is 311 g/mol. The molecule has 2 heterocycles. The predicted octanol–water partition coefficient (Wildman–Crippen LogP) is 1.37. The molecule has 3 rings (SSSR count). The summed E-state index contributed by atoms with van der Waals surface area (Å²) in [4.78, 5) is 20.4. The van der Waals surface area contributed by atoms with Crippen molar-refractivity contribution < 1.29 is 9.84 Å². The number of hydrogen-bond donors (Lipinski definition) is 1. The van der Waals surface area contributed by atoms with Gasteiger partial charge in [0.15, 0.2) is 5.65 Å². The fourth-order valence-corrected chi connectivity index (χ4v) is 2.30. The van der Waals surface area contributed by atoms with Crippen LogP contribution in [0.3, 0.4) is 0 Å². The minimum Gasteiger partial charge on any atom is -0.389 e. The smallest absolute Gasteiger partial charge is 0.262 e. The van der Waals surface area contributed by atoms with Crippen molar-refractivity contribution >= 4 is 11.0 Å². The Labute approximate surface area is 133 Å². The Balaban J connectivity index is 1.60. The summed E-state index contributed by atoms with van der Waals surface area (Å²) in [6.45, 7) is 0.699. The quantitative estimate of drug-likeness (QED) is 0.744. The molecule has 0 aliphatic rings. The van der Waals surface area contributed by atoms with Gasteiger partial charge in [-0.1, -0.05) is 30.3 Å². The Morgan fingerprint density at radius 3 is 2.78 bits per heavy atom. The third-order valence-corrected chi connectivity index (χ3v) is 3.43. The maximum atomic E-state index is 12.3. The molecule has 1 aromatic carbocycles. The molecule has 118 valence electrons. The maximum Gasteiger partial charge on any atom is 0.262 e. The second kappa shape index (κ2) is 7.13. The SMILES string of the molecule is O=c1c2cccnc2ncn1C[C@H](O)COCc1ccccc1. The third-order valence-electron chi connectivity index (χ3n) is 3.43. The predicted molar refractivity (Wildman–Crippen MR) is 85.9 cm³/mol. The first-order chi connectivity index (χ1) is 11.2. The molecule has 2 aromatic heterocycles. The molecule has 0 bridgehead atoms. The van der Waals surface area contributed by atoms with Crippen molar-refractivity contribution in [1.82, 2.24) is 14.5 Å². The van der Waals surface area contributed by atoms with Crippen molar-refractivity contribution in [2.45, 2.75) is 19.3 Å². The van der Waals surface area contributed by atoms with Gasteiger partial charge in [0.05, 0.1) is 31.2 Å². The van der Waals surface area contributed by atoms with E-state index in [4.69, 9.17) is 4.74 Å². The van der Waals surface area contributed by atoms with Crippen molar-refractivity contribution in [3.05, 3.63) is 70.9 Å². The Hall–Kier alpha value is -2.57. The minimum atomic E-state index is -0.785. The van der Waals surface area contributed by atoms with Crippen LogP contribution in [0.1, 0.15) is 5.56 Å². The summed E-state index contributed by atoms with van der Waals surface area (Å²) in [7, 11) is 0. The summed E-state index contributed by atoms with van der Waals surface area (Å²) in [5.41, 5.74) is 1.23. The molecule has 3 aromatic rings. The first-order valence-corrected chi connectivity index (χ1v) is 7.34. The summed E-state index contributed by atoms with van der Waals surface area (Å²) in [6.07, 6.45) is 2.20. The molecule has 0 amide bonds. The number of ether oxygens (including phenoxy) is 1. The summed E-state index contributed by atoms with van der Waals surface area (Å²) >= 11 is 0. The van der Waals surface area contributed by atoms with Gasteiger partial charge in [0, 0.05) is 6.20 Å². The summed E-state index contributed by atoms with van der Waals surface area (Å²) in [5.74, 6) is 0. The number of rotatable bonds is 6. The van der Waals surface area contributed by atoms with Crippen molar-refractivity contribution in [3.63, 3.8) is 0 Å². The van der Waals surface area contributed by atoms with Crippen LogP contribution in [-0.2, 0) is 17.9 Å². The van der Waals surface area contributed by atoms with Gasteiger partial charge in [0.1, 0.15) is 6.33 Å². The van der Waals surface area contributed by atoms with E-state index in [1.807, 2.05) is 30.3 Å². The normalized spacial score (nSPS) is 12.4. The standard InChI is InChI=1S/C17H17N3O3/c21-14(11-23-10-13-5-2-1-3-6-13)9-20-12-19-16-15(17(20)22)7-4-8-18-16/h1-8,12,14,21H,9-11H2/t14-/m0/s1. The van der Waals surface area contributed by atoms with Crippen LogP contribution < -0.4 is 5.56 Å². The Morgan fingerprint density at radius 1 is 1.13 bits per heavy atom. The zero-order chi connectivity index (χ0) is 16.1. The molecule has 0 fully saturated rings. The third kappa shape index (κ3) is 3.80. The van der Waals surface area contributed by atoms with Crippen LogP contribution in [0, 0.1) is 0 Å². The van der Waals surface area contributed by atoms with Crippen molar-refractivity contribution in [2.75, 3.05) is 6.61 Å². The molecular formula is C17H17N3O3. The van der Waals surface area contributed by atoms with Crippen molar-refractivity contribution in [2.24, 2.45) is 0 Å². The molecule has 0 unspecified atom stereocenters. The number of aliphatic hydroxyl groups is 1. The molecule has 6 heteroatoms. The lowest BCUT2D eigenvalue weighted by molar-refractivity contribution is 0.0198. The highest BCUT2D eigenvalue weighted by atomic mass is 16.5. The van der Waals surface area contributed by atoms with Gasteiger partial charge in [-0.05, 0) is 17.7 Å².